The Hall–Kier alpha value is -0.750. The largest absolute Gasteiger partial charge is 0.460 e. The van der Waals surface area contributed by atoms with Crippen molar-refractivity contribution in [3.8, 4) is 11.3 Å². The van der Waals surface area contributed by atoms with Gasteiger partial charge in [0.15, 0.2) is 0 Å². The summed E-state index contributed by atoms with van der Waals surface area (Å²) in [6.45, 7) is 2.26. The fourth-order valence-electron chi connectivity index (χ4n) is 1.83. The standard InChI is InChI=1S/C15H17Cl2NO3.ClH/c16-11-1-3-13(14(17)9-11)15-4-2-12(21-15)10-18-5-7-20-8-6-19;/h1-4,9,18-19H,5-8,10H2;1H. The molecule has 0 saturated carbocycles. The zero-order valence-electron chi connectivity index (χ0n) is 11.9. The third kappa shape index (κ3) is 5.80. The van der Waals surface area contributed by atoms with Crippen LogP contribution < -0.4 is 5.32 Å². The van der Waals surface area contributed by atoms with Crippen LogP contribution in [0.3, 0.4) is 0 Å². The topological polar surface area (TPSA) is 54.6 Å². The van der Waals surface area contributed by atoms with Gasteiger partial charge in [0.2, 0.25) is 0 Å². The van der Waals surface area contributed by atoms with E-state index in [9.17, 15) is 0 Å². The van der Waals surface area contributed by atoms with E-state index in [2.05, 4.69) is 5.32 Å². The number of furan rings is 1. The summed E-state index contributed by atoms with van der Waals surface area (Å²) in [6.07, 6.45) is 0. The predicted molar refractivity (Wildman–Crippen MR) is 91.0 cm³/mol. The minimum Gasteiger partial charge on any atom is -0.460 e. The molecule has 2 N–H and O–H groups in total. The normalized spacial score (nSPS) is 10.5. The van der Waals surface area contributed by atoms with Gasteiger partial charge in [0.1, 0.15) is 11.5 Å². The van der Waals surface area contributed by atoms with Crippen molar-refractivity contribution in [2.75, 3.05) is 26.4 Å². The van der Waals surface area contributed by atoms with Crippen molar-refractivity contribution in [2.45, 2.75) is 6.54 Å². The van der Waals surface area contributed by atoms with Crippen LogP contribution >= 0.6 is 35.6 Å². The van der Waals surface area contributed by atoms with Crippen molar-refractivity contribution in [3.05, 3.63) is 46.1 Å². The van der Waals surface area contributed by atoms with Gasteiger partial charge in [-0.3, -0.25) is 0 Å². The monoisotopic (exact) mass is 365 g/mol. The van der Waals surface area contributed by atoms with Gasteiger partial charge in [-0.15, -0.1) is 12.4 Å². The Morgan fingerprint density at radius 3 is 2.68 bits per heavy atom. The average Bonchev–Trinajstić information content (AvgIpc) is 2.91. The van der Waals surface area contributed by atoms with Crippen molar-refractivity contribution < 1.29 is 14.3 Å². The molecule has 0 aliphatic rings. The summed E-state index contributed by atoms with van der Waals surface area (Å²) < 4.78 is 10.9. The highest BCUT2D eigenvalue weighted by Gasteiger charge is 2.09. The number of aliphatic hydroxyl groups excluding tert-OH is 1. The highest BCUT2D eigenvalue weighted by Crippen LogP contribution is 2.31. The molecular formula is C15H18Cl3NO3. The summed E-state index contributed by atoms with van der Waals surface area (Å²) in [5, 5.41) is 12.9. The molecule has 0 unspecified atom stereocenters. The molecular weight excluding hydrogens is 349 g/mol. The van der Waals surface area contributed by atoms with E-state index in [1.165, 1.54) is 0 Å². The Morgan fingerprint density at radius 1 is 1.14 bits per heavy atom. The molecule has 0 radical (unpaired) electrons. The minimum atomic E-state index is 0. The number of rotatable bonds is 8. The fraction of sp³-hybridized carbons (Fsp3) is 0.333. The first-order valence-corrected chi connectivity index (χ1v) is 7.40. The van der Waals surface area contributed by atoms with Crippen LogP contribution in [0.5, 0.6) is 0 Å². The first-order valence-electron chi connectivity index (χ1n) is 6.64. The van der Waals surface area contributed by atoms with Crippen LogP contribution in [0.1, 0.15) is 5.76 Å². The minimum absolute atomic E-state index is 0. The molecule has 4 nitrogen and oxygen atoms in total. The number of hydrogen-bond acceptors (Lipinski definition) is 4. The van der Waals surface area contributed by atoms with Gasteiger partial charge in [0.25, 0.3) is 0 Å². The van der Waals surface area contributed by atoms with Gasteiger partial charge in [0.05, 0.1) is 31.4 Å². The van der Waals surface area contributed by atoms with Crippen molar-refractivity contribution in [1.29, 1.82) is 0 Å². The van der Waals surface area contributed by atoms with Crippen LogP contribution in [-0.2, 0) is 11.3 Å². The maximum atomic E-state index is 8.57. The Labute approximate surface area is 145 Å². The van der Waals surface area contributed by atoms with Gasteiger partial charge in [-0.25, -0.2) is 0 Å². The summed E-state index contributed by atoms with van der Waals surface area (Å²) in [7, 11) is 0. The Morgan fingerprint density at radius 2 is 1.95 bits per heavy atom. The molecule has 0 amide bonds. The second kappa shape index (κ2) is 10.1. The van der Waals surface area contributed by atoms with Crippen LogP contribution in [0.15, 0.2) is 34.7 Å². The van der Waals surface area contributed by atoms with Crippen LogP contribution in [0, 0.1) is 0 Å². The van der Waals surface area contributed by atoms with Crippen molar-refractivity contribution in [3.63, 3.8) is 0 Å². The van der Waals surface area contributed by atoms with E-state index in [1.54, 1.807) is 12.1 Å². The number of halogens is 3. The fourth-order valence-corrected chi connectivity index (χ4v) is 2.33. The second-order valence-electron chi connectivity index (χ2n) is 4.40. The van der Waals surface area contributed by atoms with E-state index in [0.29, 0.717) is 42.1 Å². The molecule has 0 bridgehead atoms. The van der Waals surface area contributed by atoms with Gasteiger partial charge < -0.3 is 19.6 Å². The molecule has 0 fully saturated rings. The van der Waals surface area contributed by atoms with Gasteiger partial charge in [0, 0.05) is 17.1 Å². The molecule has 1 heterocycles. The zero-order chi connectivity index (χ0) is 15.1. The molecule has 7 heteroatoms. The lowest BCUT2D eigenvalue weighted by molar-refractivity contribution is 0.0936. The van der Waals surface area contributed by atoms with E-state index in [1.807, 2.05) is 18.2 Å². The molecule has 2 aromatic rings. The van der Waals surface area contributed by atoms with E-state index in [-0.39, 0.29) is 19.0 Å². The third-order valence-electron chi connectivity index (χ3n) is 2.82. The van der Waals surface area contributed by atoms with Crippen molar-refractivity contribution in [1.82, 2.24) is 5.32 Å². The molecule has 0 spiro atoms. The highest BCUT2D eigenvalue weighted by molar-refractivity contribution is 6.36. The van der Waals surface area contributed by atoms with Crippen LogP contribution in [0.2, 0.25) is 10.0 Å². The van der Waals surface area contributed by atoms with Crippen LogP contribution in [0.25, 0.3) is 11.3 Å². The first-order chi connectivity index (χ1) is 10.2. The molecule has 0 atom stereocenters. The number of benzene rings is 1. The Kier molecular flexibility index (Phi) is 8.86. The molecule has 1 aromatic heterocycles. The number of ether oxygens (including phenoxy) is 1. The summed E-state index contributed by atoms with van der Waals surface area (Å²) in [5.41, 5.74) is 0.818. The quantitative estimate of drug-likeness (QED) is 0.698. The summed E-state index contributed by atoms with van der Waals surface area (Å²) in [6, 6.07) is 9.10. The van der Waals surface area contributed by atoms with Gasteiger partial charge in [-0.2, -0.15) is 0 Å². The maximum Gasteiger partial charge on any atom is 0.135 e. The zero-order valence-corrected chi connectivity index (χ0v) is 14.2. The lowest BCUT2D eigenvalue weighted by atomic mass is 10.2. The summed E-state index contributed by atoms with van der Waals surface area (Å²) in [5.74, 6) is 1.53. The van der Waals surface area contributed by atoms with E-state index >= 15 is 0 Å². The van der Waals surface area contributed by atoms with Crippen molar-refractivity contribution in [2.24, 2.45) is 0 Å². The van der Waals surface area contributed by atoms with Gasteiger partial charge >= 0.3 is 0 Å². The molecule has 0 aliphatic carbocycles. The van der Waals surface area contributed by atoms with Crippen LogP contribution in [0.4, 0.5) is 0 Å². The smallest absolute Gasteiger partial charge is 0.135 e. The molecule has 122 valence electrons. The lowest BCUT2D eigenvalue weighted by Crippen LogP contribution is -2.19. The number of hydrogen-bond donors (Lipinski definition) is 2. The van der Waals surface area contributed by atoms with Crippen LogP contribution in [-0.4, -0.2) is 31.5 Å². The molecule has 2 rings (SSSR count). The molecule has 0 aliphatic heterocycles. The van der Waals surface area contributed by atoms with Gasteiger partial charge in [-0.1, -0.05) is 23.2 Å². The summed E-state index contributed by atoms with van der Waals surface area (Å²) in [4.78, 5) is 0. The van der Waals surface area contributed by atoms with E-state index < -0.39 is 0 Å². The van der Waals surface area contributed by atoms with Gasteiger partial charge in [-0.05, 0) is 30.3 Å². The molecule has 0 saturated heterocycles. The second-order valence-corrected chi connectivity index (χ2v) is 5.25. The summed E-state index contributed by atoms with van der Waals surface area (Å²) >= 11 is 12.0. The van der Waals surface area contributed by atoms with E-state index in [4.69, 9.17) is 37.5 Å². The average molecular weight is 367 g/mol. The van der Waals surface area contributed by atoms with Crippen molar-refractivity contribution >= 4 is 35.6 Å². The first kappa shape index (κ1) is 19.3. The number of aliphatic hydroxyl groups is 1. The number of nitrogens with one attached hydrogen (secondary N) is 1. The SMILES string of the molecule is Cl.OCCOCCNCc1ccc(-c2ccc(Cl)cc2Cl)o1. The maximum absolute atomic E-state index is 8.57. The third-order valence-corrected chi connectivity index (χ3v) is 3.36. The lowest BCUT2D eigenvalue weighted by Gasteiger charge is -2.04. The molecule has 1 aromatic carbocycles. The Bertz CT molecular complexity index is 575. The van der Waals surface area contributed by atoms with E-state index in [0.717, 1.165) is 11.3 Å². The Balaban J connectivity index is 0.00000242. The highest BCUT2D eigenvalue weighted by atomic mass is 35.5. The predicted octanol–water partition coefficient (Wildman–Crippen LogP) is 3.77. The molecule has 22 heavy (non-hydrogen) atoms.